The number of hydrogen-bond donors (Lipinski definition) is 0. The summed E-state index contributed by atoms with van der Waals surface area (Å²) in [5.74, 6) is -0.668. The quantitative estimate of drug-likeness (QED) is 0.455. The van der Waals surface area contributed by atoms with Crippen LogP contribution in [0.4, 0.5) is 5.69 Å². The molecule has 0 fully saturated rings. The Morgan fingerprint density at radius 3 is 2.81 bits per heavy atom. The van der Waals surface area contributed by atoms with Crippen LogP contribution in [-0.2, 0) is 4.84 Å². The molecule has 7 nitrogen and oxygen atoms in total. The largest absolute Gasteiger partial charge is 0.300 e. The smallest absolute Gasteiger partial charge is 0.274 e. The molecule has 0 N–H and O–H groups in total. The molecule has 1 amide bonds. The molecule has 1 heterocycles. The highest BCUT2D eigenvalue weighted by Gasteiger charge is 2.24. The van der Waals surface area contributed by atoms with Crippen molar-refractivity contribution in [1.82, 2.24) is 10.0 Å². The minimum Gasteiger partial charge on any atom is -0.274 e. The van der Waals surface area contributed by atoms with Gasteiger partial charge in [-0.15, -0.1) is 0 Å². The van der Waals surface area contributed by atoms with E-state index < -0.39 is 16.5 Å². The van der Waals surface area contributed by atoms with E-state index in [1.807, 2.05) is 0 Å². The maximum atomic E-state index is 11.7. The van der Waals surface area contributed by atoms with Gasteiger partial charge >= 0.3 is 0 Å². The van der Waals surface area contributed by atoms with Crippen molar-refractivity contribution in [1.29, 1.82) is 0 Å². The maximum Gasteiger partial charge on any atom is 0.300 e. The number of carbonyl (C=O) groups is 1. The average molecular weight is 246 g/mol. The third-order valence-corrected chi connectivity index (χ3v) is 2.04. The lowest BCUT2D eigenvalue weighted by molar-refractivity contribution is -0.385. The van der Waals surface area contributed by atoms with Gasteiger partial charge in [0, 0.05) is 7.05 Å². The Morgan fingerprint density at radius 2 is 2.31 bits per heavy atom. The molecule has 1 aromatic rings. The number of hydrogen-bond acceptors (Lipinski definition) is 5. The lowest BCUT2D eigenvalue weighted by Gasteiger charge is -2.13. The first-order valence-electron chi connectivity index (χ1n) is 4.09. The molecule has 0 atom stereocenters. The SMILES string of the molecule is CON(C)C(=O)c1cc(Cl)ncc1[N+](=O)[O-]. The van der Waals surface area contributed by atoms with Crippen molar-refractivity contribution in [3.05, 3.63) is 33.1 Å². The Kier molecular flexibility index (Phi) is 3.75. The van der Waals surface area contributed by atoms with Gasteiger partial charge in [0.05, 0.1) is 12.0 Å². The number of nitrogens with zero attached hydrogens (tertiary/aromatic N) is 3. The van der Waals surface area contributed by atoms with Crippen molar-refractivity contribution in [3.63, 3.8) is 0 Å². The van der Waals surface area contributed by atoms with E-state index in [0.29, 0.717) is 0 Å². The Labute approximate surface area is 95.7 Å². The third-order valence-electron chi connectivity index (χ3n) is 1.84. The molecule has 0 bridgehead atoms. The highest BCUT2D eigenvalue weighted by molar-refractivity contribution is 6.29. The summed E-state index contributed by atoms with van der Waals surface area (Å²) in [7, 11) is 2.60. The molecule has 0 spiro atoms. The number of amides is 1. The van der Waals surface area contributed by atoms with E-state index in [-0.39, 0.29) is 10.7 Å². The van der Waals surface area contributed by atoms with E-state index in [0.717, 1.165) is 17.3 Å². The second-order valence-corrected chi connectivity index (χ2v) is 3.15. The van der Waals surface area contributed by atoms with Gasteiger partial charge in [0.1, 0.15) is 16.9 Å². The fraction of sp³-hybridized carbons (Fsp3) is 0.250. The summed E-state index contributed by atoms with van der Waals surface area (Å²) in [6, 6.07) is 1.12. The van der Waals surface area contributed by atoms with Crippen LogP contribution in [0.25, 0.3) is 0 Å². The standard InChI is InChI=1S/C8H8ClN3O4/c1-11(16-2)8(13)5-3-7(9)10-4-6(5)12(14)15/h3-4H,1-2H3. The van der Waals surface area contributed by atoms with Crippen molar-refractivity contribution < 1.29 is 14.6 Å². The van der Waals surface area contributed by atoms with Crippen LogP contribution in [0.2, 0.25) is 5.15 Å². The van der Waals surface area contributed by atoms with Gasteiger partial charge < -0.3 is 0 Å². The predicted molar refractivity (Wildman–Crippen MR) is 55.0 cm³/mol. The molecule has 8 heteroatoms. The first kappa shape index (κ1) is 12.3. The van der Waals surface area contributed by atoms with Crippen LogP contribution in [0, 0.1) is 10.1 Å². The number of pyridine rings is 1. The van der Waals surface area contributed by atoms with E-state index in [1.165, 1.54) is 14.2 Å². The van der Waals surface area contributed by atoms with Gasteiger partial charge in [0.2, 0.25) is 0 Å². The average Bonchev–Trinajstić information content (AvgIpc) is 2.26. The van der Waals surface area contributed by atoms with Crippen molar-refractivity contribution in [3.8, 4) is 0 Å². The summed E-state index contributed by atoms with van der Waals surface area (Å²) in [6.45, 7) is 0. The fourth-order valence-electron chi connectivity index (χ4n) is 0.992. The van der Waals surface area contributed by atoms with Crippen molar-refractivity contribution in [2.75, 3.05) is 14.2 Å². The van der Waals surface area contributed by atoms with Gasteiger partial charge in [-0.05, 0) is 6.07 Å². The van der Waals surface area contributed by atoms with Crippen LogP contribution in [-0.4, -0.2) is 35.0 Å². The lowest BCUT2D eigenvalue weighted by Crippen LogP contribution is -2.26. The number of hydroxylamine groups is 2. The van der Waals surface area contributed by atoms with Crippen molar-refractivity contribution in [2.24, 2.45) is 0 Å². The first-order chi connectivity index (χ1) is 7.47. The zero-order chi connectivity index (χ0) is 12.3. The van der Waals surface area contributed by atoms with Gasteiger partial charge in [-0.1, -0.05) is 11.6 Å². The van der Waals surface area contributed by atoms with Gasteiger partial charge in [-0.2, -0.15) is 0 Å². The zero-order valence-corrected chi connectivity index (χ0v) is 9.26. The summed E-state index contributed by atoms with van der Waals surface area (Å²) in [5.41, 5.74) is -0.590. The van der Waals surface area contributed by atoms with Crippen LogP contribution < -0.4 is 0 Å². The lowest BCUT2D eigenvalue weighted by atomic mass is 10.2. The molecule has 86 valence electrons. The van der Waals surface area contributed by atoms with Gasteiger partial charge in [0.25, 0.3) is 11.6 Å². The zero-order valence-electron chi connectivity index (χ0n) is 8.51. The topological polar surface area (TPSA) is 85.6 Å². The second-order valence-electron chi connectivity index (χ2n) is 2.77. The van der Waals surface area contributed by atoms with Gasteiger partial charge in [-0.25, -0.2) is 10.0 Å². The van der Waals surface area contributed by atoms with Gasteiger partial charge in [-0.3, -0.25) is 19.7 Å². The van der Waals surface area contributed by atoms with Crippen molar-refractivity contribution >= 4 is 23.2 Å². The fourth-order valence-corrected chi connectivity index (χ4v) is 1.15. The van der Waals surface area contributed by atoms with E-state index in [1.54, 1.807) is 0 Å². The highest BCUT2D eigenvalue weighted by Crippen LogP contribution is 2.21. The minimum atomic E-state index is -0.708. The summed E-state index contributed by atoms with van der Waals surface area (Å²) in [4.78, 5) is 29.8. The molecule has 0 aliphatic carbocycles. The molecule has 1 rings (SSSR count). The molecule has 0 saturated carbocycles. The summed E-state index contributed by atoms with van der Waals surface area (Å²) >= 11 is 5.57. The Balaban J connectivity index is 3.24. The van der Waals surface area contributed by atoms with Crippen LogP contribution in [0.15, 0.2) is 12.3 Å². The second kappa shape index (κ2) is 4.86. The molecule has 0 unspecified atom stereocenters. The highest BCUT2D eigenvalue weighted by atomic mass is 35.5. The molecular formula is C8H8ClN3O4. The van der Waals surface area contributed by atoms with Crippen LogP contribution in [0.3, 0.4) is 0 Å². The Morgan fingerprint density at radius 1 is 1.69 bits per heavy atom. The minimum absolute atomic E-state index is 0.00143. The van der Waals surface area contributed by atoms with E-state index >= 15 is 0 Å². The Bertz CT molecular complexity index is 437. The van der Waals surface area contributed by atoms with Crippen LogP contribution in [0.1, 0.15) is 10.4 Å². The molecule has 0 saturated heterocycles. The van der Waals surface area contributed by atoms with Crippen LogP contribution in [0.5, 0.6) is 0 Å². The molecule has 0 radical (unpaired) electrons. The number of nitro groups is 1. The van der Waals surface area contributed by atoms with Gasteiger partial charge in [0.15, 0.2) is 0 Å². The molecule has 0 aliphatic heterocycles. The number of carbonyl (C=O) groups excluding carboxylic acids is 1. The molecule has 0 aromatic carbocycles. The predicted octanol–water partition coefficient (Wildman–Crippen LogP) is 1.28. The molecule has 0 aliphatic rings. The van der Waals surface area contributed by atoms with E-state index in [4.69, 9.17) is 11.6 Å². The number of aromatic nitrogens is 1. The summed E-state index contributed by atoms with van der Waals surface area (Å²) in [5, 5.41) is 11.5. The normalized spacial score (nSPS) is 9.94. The first-order valence-corrected chi connectivity index (χ1v) is 4.47. The molecule has 1 aromatic heterocycles. The monoisotopic (exact) mass is 245 g/mol. The maximum absolute atomic E-state index is 11.7. The molecular weight excluding hydrogens is 238 g/mol. The van der Waals surface area contributed by atoms with E-state index in [9.17, 15) is 14.9 Å². The number of rotatable bonds is 3. The van der Waals surface area contributed by atoms with E-state index in [2.05, 4.69) is 9.82 Å². The number of halogens is 1. The Hall–Kier alpha value is -1.73. The van der Waals surface area contributed by atoms with Crippen LogP contribution >= 0.6 is 11.6 Å². The summed E-state index contributed by atoms with van der Waals surface area (Å²) < 4.78 is 0. The third kappa shape index (κ3) is 2.44. The van der Waals surface area contributed by atoms with Crippen molar-refractivity contribution in [2.45, 2.75) is 0 Å². The summed E-state index contributed by atoms with van der Waals surface area (Å²) in [6.07, 6.45) is 0.930. The molecule has 16 heavy (non-hydrogen) atoms.